The van der Waals surface area contributed by atoms with Crippen molar-refractivity contribution >= 4 is 5.97 Å². The van der Waals surface area contributed by atoms with E-state index >= 15 is 0 Å². The number of nitrogens with zero attached hydrogens (tertiary/aromatic N) is 5. The molecule has 0 aliphatic carbocycles. The number of benzene rings is 5. The summed E-state index contributed by atoms with van der Waals surface area (Å²) in [5, 5.41) is 38.9. The Kier molecular flexibility index (Phi) is 10.5. The number of aromatic nitrogens is 4. The van der Waals surface area contributed by atoms with E-state index in [4.69, 9.17) is 18.8 Å². The van der Waals surface area contributed by atoms with Gasteiger partial charge in [-0.05, 0) is 64.6 Å². The summed E-state index contributed by atoms with van der Waals surface area (Å²) in [6.07, 6.45) is -0.00855. The van der Waals surface area contributed by atoms with E-state index in [1.54, 1.807) is 11.8 Å². The van der Waals surface area contributed by atoms with Crippen LogP contribution in [-0.4, -0.2) is 66.3 Å². The van der Waals surface area contributed by atoms with Crippen molar-refractivity contribution in [2.24, 2.45) is 0 Å². The number of ether oxygens (including phenoxy) is 1. The molecule has 1 atom stereocenters. The van der Waals surface area contributed by atoms with Crippen LogP contribution in [0.5, 0.6) is 0 Å². The molecule has 3 heterocycles. The standard InChI is InChI=1S/C47H44N6O7/c1-31-39(60-44(56)59-31)28-46(30-58-4)48-41(45(2,3)57)40(43(54)55)52(46)29-32-24-26-33(27-25-32)37-22-14-15-23-38(37)42-49-50-51-53(42)47(34-16-8-5-9-17-34,35-18-10-6-11-19-35)36-20-12-7-13-21-36/h5-27,48,57H,28-30H2,1-4H3,(H,54,55). The number of aryl methyl sites for hydroxylation is 1. The number of rotatable bonds is 14. The lowest BCUT2D eigenvalue weighted by Gasteiger charge is -2.40. The van der Waals surface area contributed by atoms with Gasteiger partial charge in [-0.15, -0.1) is 5.10 Å². The fourth-order valence-corrected chi connectivity index (χ4v) is 8.34. The smallest absolute Gasteiger partial charge is 0.477 e. The van der Waals surface area contributed by atoms with Crippen molar-refractivity contribution in [2.75, 3.05) is 13.7 Å². The highest BCUT2D eigenvalue weighted by Crippen LogP contribution is 2.44. The van der Waals surface area contributed by atoms with Gasteiger partial charge in [0.05, 0.1) is 18.7 Å². The Balaban J connectivity index is 1.22. The van der Waals surface area contributed by atoms with Crippen LogP contribution in [-0.2, 0) is 28.0 Å². The van der Waals surface area contributed by atoms with Gasteiger partial charge < -0.3 is 34.0 Å². The average Bonchev–Trinajstić information content (AvgIpc) is 3.95. The van der Waals surface area contributed by atoms with E-state index in [2.05, 4.69) is 52.0 Å². The molecule has 1 unspecified atom stereocenters. The lowest BCUT2D eigenvalue weighted by Crippen LogP contribution is -2.58. The summed E-state index contributed by atoms with van der Waals surface area (Å²) in [6.45, 7) is 4.67. The summed E-state index contributed by atoms with van der Waals surface area (Å²) in [5.74, 6) is -1.08. The second-order valence-corrected chi connectivity index (χ2v) is 15.3. The highest BCUT2D eigenvalue weighted by Gasteiger charge is 2.51. The Morgan fingerprint density at radius 1 is 0.800 bits per heavy atom. The number of hydrogen-bond donors (Lipinski definition) is 3. The van der Waals surface area contributed by atoms with Crippen molar-refractivity contribution in [1.29, 1.82) is 0 Å². The first-order chi connectivity index (χ1) is 29.0. The molecule has 1 aliphatic rings. The van der Waals surface area contributed by atoms with Crippen molar-refractivity contribution in [3.63, 3.8) is 0 Å². The Labute approximate surface area is 346 Å². The van der Waals surface area contributed by atoms with Crippen molar-refractivity contribution < 1.29 is 28.6 Å². The number of hydrogen-bond acceptors (Lipinski definition) is 11. The summed E-state index contributed by atoms with van der Waals surface area (Å²) < 4.78 is 18.1. The maximum Gasteiger partial charge on any atom is 0.519 e. The second kappa shape index (κ2) is 15.9. The number of carboxylic acids is 1. The van der Waals surface area contributed by atoms with E-state index < -0.39 is 28.6 Å². The molecule has 13 nitrogen and oxygen atoms in total. The Morgan fingerprint density at radius 2 is 1.35 bits per heavy atom. The quantitative estimate of drug-likeness (QED) is 0.0990. The zero-order chi connectivity index (χ0) is 42.1. The Hall–Kier alpha value is -7.09. The van der Waals surface area contributed by atoms with Crippen molar-refractivity contribution in [3.8, 4) is 22.5 Å². The third kappa shape index (κ3) is 7.07. The molecule has 7 aromatic rings. The molecule has 304 valence electrons. The molecule has 1 aliphatic heterocycles. The van der Waals surface area contributed by atoms with Crippen molar-refractivity contribution in [2.45, 2.75) is 50.5 Å². The van der Waals surface area contributed by atoms with Crippen LogP contribution in [0, 0.1) is 6.92 Å². The van der Waals surface area contributed by atoms with Crippen LogP contribution in [0.1, 0.15) is 47.6 Å². The van der Waals surface area contributed by atoms with Crippen LogP contribution in [0.2, 0.25) is 0 Å². The molecule has 0 amide bonds. The monoisotopic (exact) mass is 804 g/mol. The van der Waals surface area contributed by atoms with Crippen LogP contribution >= 0.6 is 0 Å². The number of aliphatic hydroxyl groups is 1. The molecule has 0 radical (unpaired) electrons. The molecule has 2 aromatic heterocycles. The molecule has 8 rings (SSSR count). The number of carbonyl (C=O) groups is 1. The third-order valence-corrected chi connectivity index (χ3v) is 11.0. The SMILES string of the molecule is COCC1(Cc2oc(=O)oc2C)NC(C(C)(C)O)=C(C(=O)O)N1Cc1ccc(-c2ccccc2-c2nnnn2C(c2ccccc2)(c2ccccc2)c2ccccc2)cc1. The molecule has 0 spiro atoms. The number of nitrogens with one attached hydrogen (secondary N) is 1. The highest BCUT2D eigenvalue weighted by molar-refractivity contribution is 5.88. The maximum atomic E-state index is 13.0. The minimum absolute atomic E-state index is 0.00855. The van der Waals surface area contributed by atoms with Gasteiger partial charge in [0.15, 0.2) is 11.6 Å². The van der Waals surface area contributed by atoms with Gasteiger partial charge in [0.2, 0.25) is 0 Å². The molecule has 13 heteroatoms. The van der Waals surface area contributed by atoms with E-state index in [0.717, 1.165) is 38.9 Å². The zero-order valence-corrected chi connectivity index (χ0v) is 33.6. The fraction of sp³-hybridized carbons (Fsp3) is 0.213. The summed E-state index contributed by atoms with van der Waals surface area (Å²) in [4.78, 5) is 26.7. The van der Waals surface area contributed by atoms with Crippen molar-refractivity contribution in [1.82, 2.24) is 30.4 Å². The van der Waals surface area contributed by atoms with E-state index in [9.17, 15) is 19.8 Å². The van der Waals surface area contributed by atoms with Gasteiger partial charge >= 0.3 is 11.8 Å². The number of methoxy groups -OCH3 is 1. The molecule has 0 fully saturated rings. The summed E-state index contributed by atoms with van der Waals surface area (Å²) in [7, 11) is 1.49. The maximum absolute atomic E-state index is 13.0. The highest BCUT2D eigenvalue weighted by atomic mass is 16.6. The van der Waals surface area contributed by atoms with Gasteiger partial charge in [-0.2, -0.15) is 0 Å². The Morgan fingerprint density at radius 3 is 1.85 bits per heavy atom. The van der Waals surface area contributed by atoms with Gasteiger partial charge in [0.1, 0.15) is 28.3 Å². The second-order valence-electron chi connectivity index (χ2n) is 15.3. The summed E-state index contributed by atoms with van der Waals surface area (Å²) in [6, 6.07) is 46.4. The molecule has 0 saturated carbocycles. The number of aliphatic carboxylic acids is 1. The molecule has 5 aromatic carbocycles. The zero-order valence-electron chi connectivity index (χ0n) is 33.6. The predicted molar refractivity (Wildman–Crippen MR) is 223 cm³/mol. The number of carboxylic acid groups (broad SMARTS) is 1. The fourth-order valence-electron chi connectivity index (χ4n) is 8.34. The van der Waals surface area contributed by atoms with Gasteiger partial charge in [-0.3, -0.25) is 0 Å². The minimum Gasteiger partial charge on any atom is -0.477 e. The minimum atomic E-state index is -1.57. The first-order valence-corrected chi connectivity index (χ1v) is 19.4. The van der Waals surface area contributed by atoms with E-state index in [1.165, 1.54) is 21.0 Å². The van der Waals surface area contributed by atoms with Gasteiger partial charge in [-0.25, -0.2) is 14.3 Å². The van der Waals surface area contributed by atoms with Gasteiger partial charge in [0.25, 0.3) is 0 Å². The third-order valence-electron chi connectivity index (χ3n) is 11.0. The molecule has 0 saturated heterocycles. The summed E-state index contributed by atoms with van der Waals surface area (Å²) in [5.41, 5.74) is 2.40. The Bertz CT molecular complexity index is 2610. The van der Waals surface area contributed by atoms with E-state index in [1.807, 2.05) is 108 Å². The van der Waals surface area contributed by atoms with E-state index in [0.29, 0.717) is 5.82 Å². The topological polar surface area (TPSA) is 169 Å². The summed E-state index contributed by atoms with van der Waals surface area (Å²) >= 11 is 0. The van der Waals surface area contributed by atoms with Crippen LogP contribution < -0.4 is 11.1 Å². The van der Waals surface area contributed by atoms with Crippen LogP contribution in [0.15, 0.2) is 165 Å². The largest absolute Gasteiger partial charge is 0.519 e. The van der Waals surface area contributed by atoms with Crippen LogP contribution in [0.25, 0.3) is 22.5 Å². The molecular formula is C47H44N6O7. The first kappa shape index (κ1) is 39.7. The van der Waals surface area contributed by atoms with E-state index in [-0.39, 0.29) is 42.5 Å². The van der Waals surface area contributed by atoms with Gasteiger partial charge in [-0.1, -0.05) is 140 Å². The number of tetrazole rings is 1. The first-order valence-electron chi connectivity index (χ1n) is 19.4. The lowest BCUT2D eigenvalue weighted by molar-refractivity contribution is -0.135. The average molecular weight is 805 g/mol. The molecule has 0 bridgehead atoms. The molecule has 60 heavy (non-hydrogen) atoms. The van der Waals surface area contributed by atoms with Crippen LogP contribution in [0.4, 0.5) is 0 Å². The van der Waals surface area contributed by atoms with Gasteiger partial charge in [0, 0.05) is 19.2 Å². The predicted octanol–water partition coefficient (Wildman–Crippen LogP) is 6.76. The molecular weight excluding hydrogens is 761 g/mol. The molecule has 3 N–H and O–H groups in total. The van der Waals surface area contributed by atoms with Crippen molar-refractivity contribution in [3.05, 3.63) is 195 Å². The van der Waals surface area contributed by atoms with Crippen LogP contribution in [0.3, 0.4) is 0 Å². The lowest BCUT2D eigenvalue weighted by atomic mass is 9.77. The normalized spacial score (nSPS) is 15.7.